The van der Waals surface area contributed by atoms with E-state index < -0.39 is 0 Å². The van der Waals surface area contributed by atoms with Crippen LogP contribution in [0.2, 0.25) is 5.22 Å². The van der Waals surface area contributed by atoms with Gasteiger partial charge in [0.25, 0.3) is 5.91 Å². The molecule has 0 saturated carbocycles. The smallest absolute Gasteiger partial charge is 0.256 e. The number of hydrogen-bond acceptors (Lipinski definition) is 2. The van der Waals surface area contributed by atoms with Crippen LogP contribution < -0.4 is 5.32 Å². The van der Waals surface area contributed by atoms with E-state index in [2.05, 4.69) is 11.9 Å². The van der Waals surface area contributed by atoms with Crippen molar-refractivity contribution in [3.05, 3.63) is 35.8 Å². The fourth-order valence-corrected chi connectivity index (χ4v) is 0.916. The molecule has 1 N–H and O–H groups in total. The van der Waals surface area contributed by atoms with Crippen LogP contribution in [0.25, 0.3) is 0 Å². The highest BCUT2D eigenvalue weighted by atomic mass is 35.5. The lowest BCUT2D eigenvalue weighted by molar-refractivity contribution is 0.0957. The van der Waals surface area contributed by atoms with Crippen LogP contribution in [0.15, 0.2) is 29.4 Å². The fourth-order valence-electron chi connectivity index (χ4n) is 0.716. The maximum Gasteiger partial charge on any atom is 0.256 e. The Kier molecular flexibility index (Phi) is 2.94. The van der Waals surface area contributed by atoms with Crippen LogP contribution in [0.5, 0.6) is 0 Å². The third kappa shape index (κ3) is 1.89. The number of amides is 1. The third-order valence-corrected chi connectivity index (χ3v) is 1.56. The van der Waals surface area contributed by atoms with E-state index in [0.717, 1.165) is 0 Å². The Labute approximate surface area is 75.0 Å². The highest BCUT2D eigenvalue weighted by Gasteiger charge is 2.10. The van der Waals surface area contributed by atoms with Crippen molar-refractivity contribution >= 4 is 17.5 Å². The molecule has 1 aromatic rings. The van der Waals surface area contributed by atoms with Crippen molar-refractivity contribution in [3.8, 4) is 0 Å². The van der Waals surface area contributed by atoms with E-state index in [-0.39, 0.29) is 11.1 Å². The van der Waals surface area contributed by atoms with E-state index in [9.17, 15) is 4.79 Å². The summed E-state index contributed by atoms with van der Waals surface area (Å²) in [5.74, 6) is -0.256. The maximum absolute atomic E-state index is 11.2. The van der Waals surface area contributed by atoms with Crippen LogP contribution in [0.3, 0.4) is 0 Å². The number of rotatable bonds is 3. The van der Waals surface area contributed by atoms with Gasteiger partial charge < -0.3 is 9.73 Å². The molecule has 0 aliphatic rings. The Morgan fingerprint density at radius 2 is 2.58 bits per heavy atom. The Balaban J connectivity index is 2.65. The average Bonchev–Trinajstić information content (AvgIpc) is 2.47. The second kappa shape index (κ2) is 3.97. The Bertz CT molecular complexity index is 293. The van der Waals surface area contributed by atoms with E-state index in [0.29, 0.717) is 12.1 Å². The zero-order valence-electron chi connectivity index (χ0n) is 6.34. The van der Waals surface area contributed by atoms with E-state index in [1.807, 2.05) is 0 Å². The van der Waals surface area contributed by atoms with Gasteiger partial charge >= 0.3 is 0 Å². The molecule has 0 bridgehead atoms. The standard InChI is InChI=1S/C8H8ClNO2/c1-2-4-10-8(11)6-3-5-12-7(6)9/h2-3,5H,1,4H2,(H,10,11). The van der Waals surface area contributed by atoms with E-state index in [1.165, 1.54) is 12.3 Å². The number of nitrogens with one attached hydrogen (secondary N) is 1. The van der Waals surface area contributed by atoms with Gasteiger partial charge in [0.05, 0.1) is 11.8 Å². The van der Waals surface area contributed by atoms with Crippen LogP contribution in [-0.2, 0) is 0 Å². The molecule has 0 saturated heterocycles. The Morgan fingerprint density at radius 1 is 1.83 bits per heavy atom. The largest absolute Gasteiger partial charge is 0.452 e. The van der Waals surface area contributed by atoms with Crippen molar-refractivity contribution in [1.29, 1.82) is 0 Å². The van der Waals surface area contributed by atoms with Crippen molar-refractivity contribution in [1.82, 2.24) is 5.32 Å². The highest BCUT2D eigenvalue weighted by Crippen LogP contribution is 2.15. The van der Waals surface area contributed by atoms with Gasteiger partial charge in [-0.15, -0.1) is 6.58 Å². The first-order valence-electron chi connectivity index (χ1n) is 3.37. The van der Waals surface area contributed by atoms with Gasteiger partial charge in [-0.1, -0.05) is 6.08 Å². The van der Waals surface area contributed by atoms with Gasteiger partial charge in [0.1, 0.15) is 0 Å². The Hall–Kier alpha value is -1.22. The quantitative estimate of drug-likeness (QED) is 0.731. The molecule has 1 amide bonds. The molecule has 1 heterocycles. The minimum atomic E-state index is -0.256. The van der Waals surface area contributed by atoms with Gasteiger partial charge in [-0.25, -0.2) is 0 Å². The highest BCUT2D eigenvalue weighted by molar-refractivity contribution is 6.32. The van der Waals surface area contributed by atoms with Crippen molar-refractivity contribution in [2.75, 3.05) is 6.54 Å². The molecular formula is C8H8ClNO2. The molecule has 12 heavy (non-hydrogen) atoms. The van der Waals surface area contributed by atoms with Crippen LogP contribution in [0.4, 0.5) is 0 Å². The number of furan rings is 1. The van der Waals surface area contributed by atoms with E-state index >= 15 is 0 Å². The first-order valence-corrected chi connectivity index (χ1v) is 3.75. The molecule has 3 nitrogen and oxygen atoms in total. The molecule has 4 heteroatoms. The molecule has 1 rings (SSSR count). The predicted octanol–water partition coefficient (Wildman–Crippen LogP) is 1.85. The zero-order valence-corrected chi connectivity index (χ0v) is 7.10. The molecule has 0 aromatic carbocycles. The van der Waals surface area contributed by atoms with E-state index in [4.69, 9.17) is 16.0 Å². The molecule has 0 radical (unpaired) electrons. The molecule has 0 aliphatic heterocycles. The summed E-state index contributed by atoms with van der Waals surface area (Å²) in [6.07, 6.45) is 2.96. The molecule has 0 unspecified atom stereocenters. The summed E-state index contributed by atoms with van der Waals surface area (Å²) >= 11 is 5.56. The summed E-state index contributed by atoms with van der Waals surface area (Å²) in [5, 5.41) is 2.68. The Morgan fingerprint density at radius 3 is 3.08 bits per heavy atom. The minimum absolute atomic E-state index is 0.108. The van der Waals surface area contributed by atoms with Gasteiger partial charge in [0.2, 0.25) is 5.22 Å². The maximum atomic E-state index is 11.2. The molecule has 0 atom stereocenters. The predicted molar refractivity (Wildman–Crippen MR) is 46.2 cm³/mol. The topological polar surface area (TPSA) is 42.2 Å². The lowest BCUT2D eigenvalue weighted by Gasteiger charge is -1.97. The first-order chi connectivity index (χ1) is 5.75. The summed E-state index contributed by atoms with van der Waals surface area (Å²) in [7, 11) is 0. The molecule has 0 aliphatic carbocycles. The number of hydrogen-bond donors (Lipinski definition) is 1. The lowest BCUT2D eigenvalue weighted by Crippen LogP contribution is -2.22. The number of carbonyl (C=O) groups excluding carboxylic acids is 1. The van der Waals surface area contributed by atoms with Crippen LogP contribution in [0, 0.1) is 0 Å². The zero-order chi connectivity index (χ0) is 8.97. The fraction of sp³-hybridized carbons (Fsp3) is 0.125. The van der Waals surface area contributed by atoms with Gasteiger partial charge in [0, 0.05) is 6.54 Å². The van der Waals surface area contributed by atoms with Crippen molar-refractivity contribution in [2.45, 2.75) is 0 Å². The molecule has 0 spiro atoms. The summed E-state index contributed by atoms with van der Waals surface area (Å²) in [5.41, 5.74) is 0.346. The third-order valence-electron chi connectivity index (χ3n) is 1.27. The average molecular weight is 186 g/mol. The SMILES string of the molecule is C=CCNC(=O)c1ccoc1Cl. The number of halogens is 1. The molecule has 1 aromatic heterocycles. The van der Waals surface area contributed by atoms with Gasteiger partial charge in [-0.05, 0) is 17.7 Å². The molecule has 0 fully saturated rings. The minimum Gasteiger partial charge on any atom is -0.452 e. The molecular weight excluding hydrogens is 178 g/mol. The second-order valence-corrected chi connectivity index (χ2v) is 2.45. The monoisotopic (exact) mass is 185 g/mol. The van der Waals surface area contributed by atoms with Gasteiger partial charge in [-0.3, -0.25) is 4.79 Å². The van der Waals surface area contributed by atoms with Crippen LogP contribution in [-0.4, -0.2) is 12.5 Å². The van der Waals surface area contributed by atoms with Crippen molar-refractivity contribution in [2.24, 2.45) is 0 Å². The van der Waals surface area contributed by atoms with Crippen molar-refractivity contribution < 1.29 is 9.21 Å². The van der Waals surface area contributed by atoms with E-state index in [1.54, 1.807) is 6.08 Å². The first kappa shape index (κ1) is 8.87. The normalized spacial score (nSPS) is 9.42. The lowest BCUT2D eigenvalue weighted by atomic mass is 10.3. The summed E-state index contributed by atoms with van der Waals surface area (Å²) in [6, 6.07) is 1.51. The van der Waals surface area contributed by atoms with Crippen molar-refractivity contribution in [3.63, 3.8) is 0 Å². The summed E-state index contributed by atoms with van der Waals surface area (Å²) < 4.78 is 4.74. The van der Waals surface area contributed by atoms with Gasteiger partial charge in [0.15, 0.2) is 0 Å². The van der Waals surface area contributed by atoms with Crippen LogP contribution >= 0.6 is 11.6 Å². The van der Waals surface area contributed by atoms with Crippen LogP contribution in [0.1, 0.15) is 10.4 Å². The van der Waals surface area contributed by atoms with Gasteiger partial charge in [-0.2, -0.15) is 0 Å². The summed E-state index contributed by atoms with van der Waals surface area (Å²) in [6.45, 7) is 3.88. The number of carbonyl (C=O) groups is 1. The second-order valence-electron chi connectivity index (χ2n) is 2.11. The molecule has 64 valence electrons. The summed E-state index contributed by atoms with van der Waals surface area (Å²) in [4.78, 5) is 11.2.